The number of carbonyl (C=O) groups is 2. The number of hydrogen-bond acceptors (Lipinski definition) is 5. The standard InChI is InChI=1S/C18H23N5O2S/c1-4-11-19-17(25)20-15(24)12-26-18-22-21-16(23(18)13(3)5-2)14-9-7-6-8-10-14/h4,6-10,13H,1,5,11-12H2,2-3H3,(H2,19,20,24,25)/t13-/m1/s1. The number of urea groups is 1. The molecule has 0 bridgehead atoms. The van der Waals surface area contributed by atoms with Gasteiger partial charge in [-0.25, -0.2) is 4.79 Å². The summed E-state index contributed by atoms with van der Waals surface area (Å²) >= 11 is 1.26. The molecule has 0 radical (unpaired) electrons. The second-order valence-corrected chi connectivity index (χ2v) is 6.58. The van der Waals surface area contributed by atoms with Crippen molar-refractivity contribution in [1.82, 2.24) is 25.4 Å². The second kappa shape index (κ2) is 9.76. The predicted octanol–water partition coefficient (Wildman–Crippen LogP) is 3.02. The molecule has 26 heavy (non-hydrogen) atoms. The van der Waals surface area contributed by atoms with Gasteiger partial charge in [0, 0.05) is 18.2 Å². The summed E-state index contributed by atoms with van der Waals surface area (Å²) in [7, 11) is 0. The molecule has 138 valence electrons. The minimum Gasteiger partial charge on any atom is -0.334 e. The molecule has 8 heteroatoms. The highest BCUT2D eigenvalue weighted by Crippen LogP contribution is 2.28. The number of amides is 3. The summed E-state index contributed by atoms with van der Waals surface area (Å²) in [5, 5.41) is 14.0. The van der Waals surface area contributed by atoms with Crippen LogP contribution in [-0.2, 0) is 4.79 Å². The number of thioether (sulfide) groups is 1. The van der Waals surface area contributed by atoms with Crippen LogP contribution in [0.1, 0.15) is 26.3 Å². The first-order valence-electron chi connectivity index (χ1n) is 8.38. The quantitative estimate of drug-likeness (QED) is 0.548. The van der Waals surface area contributed by atoms with Gasteiger partial charge in [-0.15, -0.1) is 16.8 Å². The number of nitrogens with one attached hydrogen (secondary N) is 2. The zero-order chi connectivity index (χ0) is 18.9. The van der Waals surface area contributed by atoms with E-state index in [1.165, 1.54) is 11.8 Å². The van der Waals surface area contributed by atoms with Crippen molar-refractivity contribution in [2.75, 3.05) is 12.3 Å². The Hall–Kier alpha value is -2.61. The molecule has 0 fully saturated rings. The molecular formula is C18H23N5O2S. The molecule has 0 aliphatic carbocycles. The summed E-state index contributed by atoms with van der Waals surface area (Å²) < 4.78 is 2.03. The molecule has 3 amide bonds. The average molecular weight is 373 g/mol. The maximum atomic E-state index is 11.9. The molecule has 0 saturated carbocycles. The largest absolute Gasteiger partial charge is 0.334 e. The van der Waals surface area contributed by atoms with Gasteiger partial charge in [-0.1, -0.05) is 55.1 Å². The summed E-state index contributed by atoms with van der Waals surface area (Å²) in [6, 6.07) is 9.46. The van der Waals surface area contributed by atoms with Crippen molar-refractivity contribution in [2.24, 2.45) is 0 Å². The van der Waals surface area contributed by atoms with Crippen LogP contribution in [0.3, 0.4) is 0 Å². The van der Waals surface area contributed by atoms with Gasteiger partial charge in [0.25, 0.3) is 0 Å². The number of nitrogens with zero attached hydrogens (tertiary/aromatic N) is 3. The Morgan fingerprint density at radius 3 is 2.69 bits per heavy atom. The van der Waals surface area contributed by atoms with Crippen molar-refractivity contribution in [1.29, 1.82) is 0 Å². The van der Waals surface area contributed by atoms with Crippen molar-refractivity contribution >= 4 is 23.7 Å². The molecule has 0 unspecified atom stereocenters. The molecule has 2 N–H and O–H groups in total. The van der Waals surface area contributed by atoms with Gasteiger partial charge in [0.1, 0.15) is 0 Å². The molecule has 0 aliphatic heterocycles. The van der Waals surface area contributed by atoms with Gasteiger partial charge < -0.3 is 5.32 Å². The number of benzene rings is 1. The first kappa shape index (κ1) is 19.7. The average Bonchev–Trinajstić information content (AvgIpc) is 3.08. The van der Waals surface area contributed by atoms with E-state index in [2.05, 4.69) is 41.3 Å². The molecule has 2 aromatic rings. The smallest absolute Gasteiger partial charge is 0.321 e. The normalized spacial score (nSPS) is 11.6. The van der Waals surface area contributed by atoms with Crippen LogP contribution < -0.4 is 10.6 Å². The lowest BCUT2D eigenvalue weighted by Gasteiger charge is -2.16. The first-order valence-corrected chi connectivity index (χ1v) is 9.37. The maximum absolute atomic E-state index is 11.9. The van der Waals surface area contributed by atoms with Crippen LogP contribution in [0, 0.1) is 0 Å². The van der Waals surface area contributed by atoms with E-state index < -0.39 is 11.9 Å². The summed E-state index contributed by atoms with van der Waals surface area (Å²) in [5.74, 6) is 0.452. The van der Waals surface area contributed by atoms with Crippen LogP contribution in [-0.4, -0.2) is 39.0 Å². The third-order valence-electron chi connectivity index (χ3n) is 3.72. The number of rotatable bonds is 8. The molecule has 1 heterocycles. The van der Waals surface area contributed by atoms with Gasteiger partial charge in [-0.2, -0.15) is 0 Å². The van der Waals surface area contributed by atoms with Crippen LogP contribution in [0.15, 0.2) is 48.1 Å². The molecule has 1 atom stereocenters. The number of aromatic nitrogens is 3. The van der Waals surface area contributed by atoms with Gasteiger partial charge in [-0.05, 0) is 13.3 Å². The molecule has 2 rings (SSSR count). The molecule has 1 aromatic heterocycles. The lowest BCUT2D eigenvalue weighted by Crippen LogP contribution is -2.40. The minimum atomic E-state index is -0.538. The number of hydrogen-bond donors (Lipinski definition) is 2. The minimum absolute atomic E-state index is 0.0743. The van der Waals surface area contributed by atoms with E-state index in [1.54, 1.807) is 6.08 Å². The highest BCUT2D eigenvalue weighted by atomic mass is 32.2. The van der Waals surface area contributed by atoms with E-state index in [1.807, 2.05) is 34.9 Å². The van der Waals surface area contributed by atoms with Crippen LogP contribution in [0.2, 0.25) is 0 Å². The van der Waals surface area contributed by atoms with Crippen LogP contribution in [0.25, 0.3) is 11.4 Å². The Bertz CT molecular complexity index is 760. The van der Waals surface area contributed by atoms with Crippen molar-refractivity contribution < 1.29 is 9.59 Å². The monoisotopic (exact) mass is 373 g/mol. The van der Waals surface area contributed by atoms with E-state index >= 15 is 0 Å². The Kier molecular flexibility index (Phi) is 7.40. The first-order chi connectivity index (χ1) is 12.6. The van der Waals surface area contributed by atoms with E-state index in [4.69, 9.17) is 0 Å². The van der Waals surface area contributed by atoms with E-state index in [0.717, 1.165) is 17.8 Å². The van der Waals surface area contributed by atoms with E-state index in [9.17, 15) is 9.59 Å². The Morgan fingerprint density at radius 2 is 2.04 bits per heavy atom. The molecule has 0 spiro atoms. The van der Waals surface area contributed by atoms with Crippen LogP contribution in [0.4, 0.5) is 4.79 Å². The van der Waals surface area contributed by atoms with E-state index in [-0.39, 0.29) is 11.8 Å². The van der Waals surface area contributed by atoms with Gasteiger partial charge in [0.2, 0.25) is 5.91 Å². The highest BCUT2D eigenvalue weighted by Gasteiger charge is 2.19. The Labute approximate surface area is 157 Å². The summed E-state index contributed by atoms with van der Waals surface area (Å²) in [5.41, 5.74) is 0.973. The van der Waals surface area contributed by atoms with Gasteiger partial charge in [-0.3, -0.25) is 14.7 Å². The topological polar surface area (TPSA) is 88.9 Å². The lowest BCUT2D eigenvalue weighted by atomic mass is 10.2. The molecule has 0 saturated heterocycles. The Morgan fingerprint density at radius 1 is 1.31 bits per heavy atom. The van der Waals surface area contributed by atoms with Crippen molar-refractivity contribution in [3.8, 4) is 11.4 Å². The van der Waals surface area contributed by atoms with Gasteiger partial charge in [0.05, 0.1) is 5.75 Å². The molecule has 1 aromatic carbocycles. The third kappa shape index (κ3) is 5.19. The second-order valence-electron chi connectivity index (χ2n) is 5.64. The van der Waals surface area contributed by atoms with Crippen LogP contribution in [0.5, 0.6) is 0 Å². The maximum Gasteiger partial charge on any atom is 0.321 e. The van der Waals surface area contributed by atoms with Gasteiger partial charge in [0.15, 0.2) is 11.0 Å². The predicted molar refractivity (Wildman–Crippen MR) is 103 cm³/mol. The van der Waals surface area contributed by atoms with Crippen molar-refractivity contribution in [3.05, 3.63) is 43.0 Å². The van der Waals surface area contributed by atoms with Crippen molar-refractivity contribution in [2.45, 2.75) is 31.5 Å². The highest BCUT2D eigenvalue weighted by molar-refractivity contribution is 7.99. The fourth-order valence-corrected chi connectivity index (χ4v) is 3.08. The fourth-order valence-electron chi connectivity index (χ4n) is 2.24. The summed E-state index contributed by atoms with van der Waals surface area (Å²) in [4.78, 5) is 23.4. The van der Waals surface area contributed by atoms with Crippen LogP contribution >= 0.6 is 11.8 Å². The van der Waals surface area contributed by atoms with Gasteiger partial charge >= 0.3 is 6.03 Å². The lowest BCUT2D eigenvalue weighted by molar-refractivity contribution is -0.117. The SMILES string of the molecule is C=CCNC(=O)NC(=O)CSc1nnc(-c2ccccc2)n1[C@H](C)CC. The zero-order valence-electron chi connectivity index (χ0n) is 14.9. The zero-order valence-corrected chi connectivity index (χ0v) is 15.8. The molecular weight excluding hydrogens is 350 g/mol. The molecule has 0 aliphatic rings. The fraction of sp³-hybridized carbons (Fsp3) is 0.333. The third-order valence-corrected chi connectivity index (χ3v) is 4.66. The van der Waals surface area contributed by atoms with E-state index in [0.29, 0.717) is 11.7 Å². The number of imide groups is 1. The summed E-state index contributed by atoms with van der Waals surface area (Å²) in [6.07, 6.45) is 2.44. The molecule has 7 nitrogen and oxygen atoms in total. The summed E-state index contributed by atoms with van der Waals surface area (Å²) in [6.45, 7) is 7.97. The van der Waals surface area contributed by atoms with Crippen molar-refractivity contribution in [3.63, 3.8) is 0 Å². The Balaban J connectivity index is 2.10. The number of carbonyl (C=O) groups excluding carboxylic acids is 2.